The van der Waals surface area contributed by atoms with Gasteiger partial charge in [-0.05, 0) is 58.7 Å². The molecule has 3 aromatic rings. The smallest absolute Gasteiger partial charge is 0.248 e. The lowest BCUT2D eigenvalue weighted by Crippen LogP contribution is -2.51. The van der Waals surface area contributed by atoms with Crippen LogP contribution in [0.15, 0.2) is 48.5 Å². The highest BCUT2D eigenvalue weighted by Gasteiger charge is 2.35. The van der Waals surface area contributed by atoms with Gasteiger partial charge in [-0.3, -0.25) is 9.59 Å². The van der Waals surface area contributed by atoms with Gasteiger partial charge in [0.15, 0.2) is 0 Å². The van der Waals surface area contributed by atoms with Gasteiger partial charge in [0.2, 0.25) is 11.8 Å². The third-order valence-electron chi connectivity index (χ3n) is 6.34. The highest BCUT2D eigenvalue weighted by atomic mass is 16.5. The lowest BCUT2D eigenvalue weighted by Gasteiger charge is -2.35. The molecule has 1 heterocycles. The summed E-state index contributed by atoms with van der Waals surface area (Å²) in [6.07, 6.45) is 1.32. The topological polar surface area (TPSA) is 98.6 Å². The molecule has 0 saturated heterocycles. The van der Waals surface area contributed by atoms with E-state index in [1.807, 2.05) is 83.1 Å². The van der Waals surface area contributed by atoms with Gasteiger partial charge in [-0.1, -0.05) is 42.5 Å². The first kappa shape index (κ1) is 28.1. The SMILES string of the molecule is CCOCCCN(C(=O)Cn1nnc2ccccc21)[C@@H](C(=O)NC(C)(C)CC)c1ccccc1OCC. The van der Waals surface area contributed by atoms with Crippen LogP contribution < -0.4 is 10.1 Å². The van der Waals surface area contributed by atoms with Gasteiger partial charge >= 0.3 is 0 Å². The molecule has 0 radical (unpaired) electrons. The Kier molecular flexibility index (Phi) is 10.0. The number of hydrogen-bond acceptors (Lipinski definition) is 6. The van der Waals surface area contributed by atoms with Gasteiger partial charge in [0, 0.05) is 30.9 Å². The van der Waals surface area contributed by atoms with Crippen molar-refractivity contribution in [3.8, 4) is 5.75 Å². The largest absolute Gasteiger partial charge is 0.494 e. The van der Waals surface area contributed by atoms with Gasteiger partial charge in [0.1, 0.15) is 23.9 Å². The maximum absolute atomic E-state index is 13.9. The number of ether oxygens (including phenoxy) is 2. The van der Waals surface area contributed by atoms with Crippen LogP contribution in [-0.2, 0) is 20.9 Å². The molecule has 1 N–H and O–H groups in total. The summed E-state index contributed by atoms with van der Waals surface area (Å²) in [5.41, 5.74) is 1.66. The fourth-order valence-corrected chi connectivity index (χ4v) is 4.07. The van der Waals surface area contributed by atoms with E-state index in [9.17, 15) is 9.59 Å². The van der Waals surface area contributed by atoms with Gasteiger partial charge in [-0.15, -0.1) is 5.10 Å². The van der Waals surface area contributed by atoms with E-state index in [0.717, 1.165) is 11.9 Å². The first-order valence-corrected chi connectivity index (χ1v) is 13.0. The zero-order valence-electron chi connectivity index (χ0n) is 22.6. The summed E-state index contributed by atoms with van der Waals surface area (Å²) in [6.45, 7) is 11.6. The highest BCUT2D eigenvalue weighted by molar-refractivity contribution is 5.90. The molecule has 9 nitrogen and oxygen atoms in total. The summed E-state index contributed by atoms with van der Waals surface area (Å²) in [6, 6.07) is 14.0. The zero-order chi connectivity index (χ0) is 26.8. The average molecular weight is 510 g/mol. The van der Waals surface area contributed by atoms with Crippen LogP contribution in [0.25, 0.3) is 11.0 Å². The second kappa shape index (κ2) is 13.2. The third kappa shape index (κ3) is 7.29. The first-order chi connectivity index (χ1) is 17.8. The van der Waals surface area contributed by atoms with Crippen molar-refractivity contribution in [2.45, 2.75) is 65.6 Å². The van der Waals surface area contributed by atoms with Crippen LogP contribution in [0.5, 0.6) is 5.75 Å². The summed E-state index contributed by atoms with van der Waals surface area (Å²) < 4.78 is 13.0. The Morgan fingerprint density at radius 2 is 1.78 bits per heavy atom. The lowest BCUT2D eigenvalue weighted by molar-refractivity contribution is -0.142. The summed E-state index contributed by atoms with van der Waals surface area (Å²) in [5.74, 6) is 0.0772. The maximum atomic E-state index is 13.9. The molecule has 2 amide bonds. The van der Waals surface area contributed by atoms with E-state index in [0.29, 0.717) is 49.6 Å². The highest BCUT2D eigenvalue weighted by Crippen LogP contribution is 2.31. The fraction of sp³-hybridized carbons (Fsp3) is 0.500. The maximum Gasteiger partial charge on any atom is 0.248 e. The Balaban J connectivity index is 2.03. The predicted molar refractivity (Wildman–Crippen MR) is 143 cm³/mol. The Morgan fingerprint density at radius 3 is 2.51 bits per heavy atom. The van der Waals surface area contributed by atoms with Crippen LogP contribution in [0.4, 0.5) is 0 Å². The molecule has 37 heavy (non-hydrogen) atoms. The summed E-state index contributed by atoms with van der Waals surface area (Å²) >= 11 is 0. The second-order valence-corrected chi connectivity index (χ2v) is 9.47. The van der Waals surface area contributed by atoms with Crippen LogP contribution >= 0.6 is 0 Å². The van der Waals surface area contributed by atoms with Crippen molar-refractivity contribution in [3.05, 3.63) is 54.1 Å². The van der Waals surface area contributed by atoms with E-state index in [4.69, 9.17) is 9.47 Å². The van der Waals surface area contributed by atoms with E-state index in [2.05, 4.69) is 15.6 Å². The monoisotopic (exact) mass is 509 g/mol. The number of nitrogens with one attached hydrogen (secondary N) is 1. The molecular formula is C28H39N5O4. The Labute approximate surface area is 219 Å². The number of hydrogen-bond donors (Lipinski definition) is 1. The Morgan fingerprint density at radius 1 is 1.05 bits per heavy atom. The second-order valence-electron chi connectivity index (χ2n) is 9.47. The molecule has 0 saturated carbocycles. The minimum Gasteiger partial charge on any atom is -0.494 e. The molecule has 1 atom stereocenters. The molecule has 0 aliphatic carbocycles. The predicted octanol–water partition coefficient (Wildman–Crippen LogP) is 4.13. The van der Waals surface area contributed by atoms with Gasteiger partial charge in [-0.25, -0.2) is 4.68 Å². The van der Waals surface area contributed by atoms with Crippen LogP contribution in [-0.4, -0.2) is 63.6 Å². The van der Waals surface area contributed by atoms with Gasteiger partial charge in [0.05, 0.1) is 12.1 Å². The van der Waals surface area contributed by atoms with E-state index >= 15 is 0 Å². The van der Waals surface area contributed by atoms with Crippen LogP contribution in [0.1, 0.15) is 59.1 Å². The van der Waals surface area contributed by atoms with Crippen molar-refractivity contribution in [2.24, 2.45) is 0 Å². The van der Waals surface area contributed by atoms with Crippen molar-refractivity contribution in [1.29, 1.82) is 0 Å². The van der Waals surface area contributed by atoms with Crippen LogP contribution in [0.3, 0.4) is 0 Å². The molecule has 1 aromatic heterocycles. The fourth-order valence-electron chi connectivity index (χ4n) is 4.07. The van der Waals surface area contributed by atoms with Crippen molar-refractivity contribution < 1.29 is 19.1 Å². The summed E-state index contributed by atoms with van der Waals surface area (Å²) in [5, 5.41) is 11.5. The molecule has 9 heteroatoms. The lowest BCUT2D eigenvalue weighted by atomic mass is 9.98. The van der Waals surface area contributed by atoms with E-state index < -0.39 is 11.6 Å². The van der Waals surface area contributed by atoms with Crippen molar-refractivity contribution >= 4 is 22.8 Å². The normalized spacial score (nSPS) is 12.4. The average Bonchev–Trinajstić information content (AvgIpc) is 3.29. The number of fused-ring (bicyclic) bond motifs is 1. The minimum atomic E-state index is -0.891. The minimum absolute atomic E-state index is 0.0487. The number of benzene rings is 2. The molecule has 0 aliphatic rings. The molecular weight excluding hydrogens is 470 g/mol. The number of nitrogens with zero attached hydrogens (tertiary/aromatic N) is 4. The molecule has 0 spiro atoms. The van der Waals surface area contributed by atoms with E-state index in [1.54, 1.807) is 9.58 Å². The summed E-state index contributed by atoms with van der Waals surface area (Å²) in [7, 11) is 0. The van der Waals surface area contributed by atoms with Crippen LogP contribution in [0.2, 0.25) is 0 Å². The molecule has 3 rings (SSSR count). The Hall–Kier alpha value is -3.46. The van der Waals surface area contributed by atoms with Gasteiger partial charge in [-0.2, -0.15) is 0 Å². The quantitative estimate of drug-likeness (QED) is 0.328. The van der Waals surface area contributed by atoms with Gasteiger partial charge < -0.3 is 19.7 Å². The number of rotatable bonds is 14. The van der Waals surface area contributed by atoms with Crippen LogP contribution in [0, 0.1) is 0 Å². The first-order valence-electron chi connectivity index (χ1n) is 13.0. The molecule has 0 fully saturated rings. The molecule has 200 valence electrons. The third-order valence-corrected chi connectivity index (χ3v) is 6.34. The van der Waals surface area contributed by atoms with Gasteiger partial charge in [0.25, 0.3) is 0 Å². The van der Waals surface area contributed by atoms with Crippen molar-refractivity contribution in [2.75, 3.05) is 26.4 Å². The van der Waals surface area contributed by atoms with E-state index in [1.165, 1.54) is 0 Å². The van der Waals surface area contributed by atoms with E-state index in [-0.39, 0.29) is 18.4 Å². The number of amides is 2. The molecule has 0 aliphatic heterocycles. The molecule has 0 bridgehead atoms. The Bertz CT molecular complexity index is 1180. The number of para-hydroxylation sites is 2. The molecule has 2 aromatic carbocycles. The molecule has 0 unspecified atom stereocenters. The van der Waals surface area contributed by atoms with Crippen molar-refractivity contribution in [3.63, 3.8) is 0 Å². The number of carbonyl (C=O) groups excluding carboxylic acids is 2. The number of carbonyl (C=O) groups is 2. The summed E-state index contributed by atoms with van der Waals surface area (Å²) in [4.78, 5) is 29.4. The zero-order valence-corrected chi connectivity index (χ0v) is 22.6. The number of aromatic nitrogens is 3. The van der Waals surface area contributed by atoms with Crippen molar-refractivity contribution in [1.82, 2.24) is 25.2 Å². The standard InChI is InChI=1S/C28H39N5O4/c1-6-28(4,5)29-27(35)26(21-14-9-12-17-24(21)37-8-3)32(18-13-19-36-7-2)25(34)20-33-23-16-11-10-15-22(23)30-31-33/h9-12,14-17,26H,6-8,13,18-20H2,1-5H3,(H,29,35)/t26-/m1/s1.